The van der Waals surface area contributed by atoms with Crippen molar-refractivity contribution in [3.63, 3.8) is 0 Å². The summed E-state index contributed by atoms with van der Waals surface area (Å²) in [6, 6.07) is 0. The van der Waals surface area contributed by atoms with Gasteiger partial charge in [-0.15, -0.1) is 0 Å². The first-order valence-corrected chi connectivity index (χ1v) is 9.53. The highest BCUT2D eigenvalue weighted by molar-refractivity contribution is 5.88. The third kappa shape index (κ3) is 8.72. The minimum Gasteiger partial charge on any atom is -0.481 e. The molecule has 27 heavy (non-hydrogen) atoms. The molecule has 0 aromatic rings. The second-order valence-corrected chi connectivity index (χ2v) is 7.86. The molecule has 0 saturated heterocycles. The molecule has 0 aliphatic heterocycles. The van der Waals surface area contributed by atoms with Gasteiger partial charge in [-0.2, -0.15) is 0 Å². The third-order valence-electron chi connectivity index (χ3n) is 4.77. The molecular formula is C23H33NO3. The molecule has 0 fully saturated rings. The van der Waals surface area contributed by atoms with Gasteiger partial charge in [0.15, 0.2) is 0 Å². The van der Waals surface area contributed by atoms with Crippen LogP contribution in [0, 0.1) is 5.41 Å². The number of carbonyl (C=O) groups excluding carboxylic acids is 1. The van der Waals surface area contributed by atoms with Crippen LogP contribution < -0.4 is 5.32 Å². The number of hydrogen-bond acceptors (Lipinski definition) is 2. The lowest BCUT2D eigenvalue weighted by atomic mass is 9.72. The van der Waals surface area contributed by atoms with E-state index in [9.17, 15) is 9.59 Å². The van der Waals surface area contributed by atoms with Crippen molar-refractivity contribution in [2.45, 2.75) is 60.3 Å². The summed E-state index contributed by atoms with van der Waals surface area (Å²) in [5.74, 6) is -1.20. The Balaban J connectivity index is 2.63. The van der Waals surface area contributed by atoms with Crippen LogP contribution in [-0.4, -0.2) is 23.5 Å². The molecule has 0 heterocycles. The van der Waals surface area contributed by atoms with Crippen LogP contribution in [0.2, 0.25) is 0 Å². The predicted octanol–water partition coefficient (Wildman–Crippen LogP) is 5.11. The minimum absolute atomic E-state index is 0.0740. The van der Waals surface area contributed by atoms with Crippen molar-refractivity contribution in [2.75, 3.05) is 6.54 Å². The Bertz CT molecular complexity index is 703. The van der Waals surface area contributed by atoms with Gasteiger partial charge in [-0.05, 0) is 56.6 Å². The Kier molecular flexibility index (Phi) is 8.99. The number of carbonyl (C=O) groups is 2. The summed E-state index contributed by atoms with van der Waals surface area (Å²) >= 11 is 0. The Hall–Kier alpha value is -2.36. The first-order valence-electron chi connectivity index (χ1n) is 9.53. The van der Waals surface area contributed by atoms with Crippen molar-refractivity contribution in [3.8, 4) is 0 Å². The largest absolute Gasteiger partial charge is 0.481 e. The first kappa shape index (κ1) is 22.7. The third-order valence-corrected chi connectivity index (χ3v) is 4.77. The molecule has 0 radical (unpaired) electrons. The molecule has 4 heteroatoms. The topological polar surface area (TPSA) is 66.4 Å². The highest BCUT2D eigenvalue weighted by Gasteiger charge is 2.26. The number of rotatable bonds is 8. The number of aliphatic carboxylic acids is 1. The van der Waals surface area contributed by atoms with Crippen molar-refractivity contribution in [3.05, 3.63) is 58.7 Å². The van der Waals surface area contributed by atoms with Crippen LogP contribution in [0.15, 0.2) is 58.7 Å². The molecular weight excluding hydrogens is 338 g/mol. The van der Waals surface area contributed by atoms with E-state index in [1.165, 1.54) is 36.5 Å². The normalized spacial score (nSPS) is 18.4. The standard InChI is InChI=1S/C23H33NO3/c1-17(11-12-20-19(3)10-7-14-23(20,4)5)8-6-9-18(2)16-21(25)24-15-13-22(26)27/h6,8-9,11-12,16H,7,10,13-15H2,1-5H3,(H,24,25)(H,26,27)/b9-6+,12-11+,17-8+,18-16+. The van der Waals surface area contributed by atoms with E-state index in [4.69, 9.17) is 5.11 Å². The van der Waals surface area contributed by atoms with Gasteiger partial charge in [0.25, 0.3) is 0 Å². The predicted molar refractivity (Wildman–Crippen MR) is 111 cm³/mol. The van der Waals surface area contributed by atoms with Crippen molar-refractivity contribution < 1.29 is 14.7 Å². The average molecular weight is 372 g/mol. The lowest BCUT2D eigenvalue weighted by molar-refractivity contribution is -0.136. The molecule has 0 saturated carbocycles. The zero-order valence-electron chi connectivity index (χ0n) is 17.3. The zero-order chi connectivity index (χ0) is 20.4. The van der Waals surface area contributed by atoms with Gasteiger partial charge >= 0.3 is 5.97 Å². The SMILES string of the molecule is CC1=C(/C=C/C(C)=C/C=C/C(C)=C/C(=O)NCCC(=O)O)C(C)(C)CCC1. The van der Waals surface area contributed by atoms with Crippen LogP contribution in [0.25, 0.3) is 0 Å². The number of carboxylic acids is 1. The van der Waals surface area contributed by atoms with Gasteiger partial charge in [0, 0.05) is 12.6 Å². The quantitative estimate of drug-likeness (QED) is 0.460. The van der Waals surface area contributed by atoms with Crippen molar-refractivity contribution in [1.82, 2.24) is 5.32 Å². The van der Waals surface area contributed by atoms with Crippen LogP contribution in [-0.2, 0) is 9.59 Å². The average Bonchev–Trinajstić information content (AvgIpc) is 2.53. The van der Waals surface area contributed by atoms with Crippen LogP contribution in [0.4, 0.5) is 0 Å². The molecule has 1 rings (SSSR count). The summed E-state index contributed by atoms with van der Waals surface area (Å²) in [5, 5.41) is 11.1. The van der Waals surface area contributed by atoms with Gasteiger partial charge in [-0.25, -0.2) is 0 Å². The molecule has 0 aromatic heterocycles. The number of allylic oxidation sites excluding steroid dienone is 9. The van der Waals surface area contributed by atoms with E-state index >= 15 is 0 Å². The molecule has 1 aliphatic rings. The molecule has 1 aliphatic carbocycles. The Morgan fingerprint density at radius 1 is 1.19 bits per heavy atom. The fourth-order valence-corrected chi connectivity index (χ4v) is 3.23. The number of carboxylic acid groups (broad SMARTS) is 1. The highest BCUT2D eigenvalue weighted by Crippen LogP contribution is 2.40. The molecule has 0 atom stereocenters. The number of nitrogens with one attached hydrogen (secondary N) is 1. The van der Waals surface area contributed by atoms with Crippen LogP contribution >= 0.6 is 0 Å². The maximum Gasteiger partial charge on any atom is 0.305 e. The van der Waals surface area contributed by atoms with E-state index in [1.807, 2.05) is 25.2 Å². The van der Waals surface area contributed by atoms with E-state index in [2.05, 4.69) is 45.2 Å². The van der Waals surface area contributed by atoms with Gasteiger partial charge in [0.1, 0.15) is 0 Å². The molecule has 0 spiro atoms. The zero-order valence-corrected chi connectivity index (χ0v) is 17.3. The van der Waals surface area contributed by atoms with Gasteiger partial charge in [-0.3, -0.25) is 9.59 Å². The summed E-state index contributed by atoms with van der Waals surface area (Å²) < 4.78 is 0. The monoisotopic (exact) mass is 371 g/mol. The molecule has 4 nitrogen and oxygen atoms in total. The van der Waals surface area contributed by atoms with Gasteiger partial charge in [-0.1, -0.05) is 55.4 Å². The minimum atomic E-state index is -0.924. The summed E-state index contributed by atoms with van der Waals surface area (Å²) in [4.78, 5) is 22.1. The molecule has 1 amide bonds. The summed E-state index contributed by atoms with van der Waals surface area (Å²) in [6.07, 6.45) is 15.3. The summed E-state index contributed by atoms with van der Waals surface area (Å²) in [6.45, 7) is 10.9. The second-order valence-electron chi connectivity index (χ2n) is 7.86. The van der Waals surface area contributed by atoms with Crippen LogP contribution in [0.5, 0.6) is 0 Å². The van der Waals surface area contributed by atoms with E-state index in [0.29, 0.717) is 0 Å². The molecule has 0 bridgehead atoms. The van der Waals surface area contributed by atoms with Crippen LogP contribution in [0.1, 0.15) is 60.3 Å². The number of hydrogen-bond donors (Lipinski definition) is 2. The lowest BCUT2D eigenvalue weighted by Gasteiger charge is -2.32. The van der Waals surface area contributed by atoms with E-state index in [0.717, 1.165) is 11.1 Å². The highest BCUT2D eigenvalue weighted by atomic mass is 16.4. The smallest absolute Gasteiger partial charge is 0.305 e. The Morgan fingerprint density at radius 2 is 1.89 bits per heavy atom. The van der Waals surface area contributed by atoms with Gasteiger partial charge in [0.2, 0.25) is 5.91 Å². The Labute approximate surface area is 163 Å². The van der Waals surface area contributed by atoms with Crippen LogP contribution in [0.3, 0.4) is 0 Å². The van der Waals surface area contributed by atoms with E-state index < -0.39 is 5.97 Å². The second kappa shape index (κ2) is 10.7. The van der Waals surface area contributed by atoms with Crippen molar-refractivity contribution >= 4 is 11.9 Å². The van der Waals surface area contributed by atoms with Crippen molar-refractivity contribution in [1.29, 1.82) is 0 Å². The lowest BCUT2D eigenvalue weighted by Crippen LogP contribution is -2.24. The fraction of sp³-hybridized carbons (Fsp3) is 0.478. The first-order chi connectivity index (χ1) is 12.6. The summed E-state index contributed by atoms with van der Waals surface area (Å²) in [5.41, 5.74) is 5.12. The maximum atomic E-state index is 11.7. The number of amides is 1. The van der Waals surface area contributed by atoms with Gasteiger partial charge < -0.3 is 10.4 Å². The Morgan fingerprint density at radius 3 is 2.52 bits per heavy atom. The molecule has 2 N–H and O–H groups in total. The fourth-order valence-electron chi connectivity index (χ4n) is 3.23. The maximum absolute atomic E-state index is 11.7. The summed E-state index contributed by atoms with van der Waals surface area (Å²) in [7, 11) is 0. The van der Waals surface area contributed by atoms with E-state index in [-0.39, 0.29) is 24.3 Å². The molecule has 0 aromatic carbocycles. The molecule has 0 unspecified atom stereocenters. The van der Waals surface area contributed by atoms with E-state index in [1.54, 1.807) is 0 Å². The van der Waals surface area contributed by atoms with Crippen molar-refractivity contribution in [2.24, 2.45) is 5.41 Å². The van der Waals surface area contributed by atoms with Gasteiger partial charge in [0.05, 0.1) is 6.42 Å². The molecule has 148 valence electrons.